The minimum Gasteiger partial charge on any atom is -0.493 e. The number of hydrogen-bond donors (Lipinski definition) is 1. The molecule has 2 aromatic rings. The van der Waals surface area contributed by atoms with Crippen LogP contribution in [-0.2, 0) is 4.74 Å². The first-order valence-electron chi connectivity index (χ1n) is 10.3. The van der Waals surface area contributed by atoms with Gasteiger partial charge in [-0.25, -0.2) is 0 Å². The number of fused-ring (bicyclic) bond motifs is 1. The minimum atomic E-state index is -0.0447. The first kappa shape index (κ1) is 20.6. The van der Waals surface area contributed by atoms with Crippen molar-refractivity contribution in [3.05, 3.63) is 42.0 Å². The Bertz CT molecular complexity index is 851. The normalized spacial score (nSPS) is 17.1. The smallest absolute Gasteiger partial charge is 0.231 e. The molecule has 1 fully saturated rings. The van der Waals surface area contributed by atoms with Crippen LogP contribution >= 0.6 is 0 Å². The molecule has 0 aliphatic carbocycles. The van der Waals surface area contributed by atoms with E-state index in [1.807, 2.05) is 24.3 Å². The number of benzene rings is 2. The second-order valence-corrected chi connectivity index (χ2v) is 7.55. The van der Waals surface area contributed by atoms with E-state index in [4.69, 9.17) is 23.7 Å². The number of nitrogens with one attached hydrogen (secondary N) is 1. The molecule has 1 saturated heterocycles. The monoisotopic (exact) mass is 414 g/mol. The molecule has 0 spiro atoms. The van der Waals surface area contributed by atoms with Crippen molar-refractivity contribution in [2.75, 3.05) is 52.7 Å². The molecule has 7 nitrogen and oxygen atoms in total. The number of rotatable bonds is 8. The van der Waals surface area contributed by atoms with Gasteiger partial charge in [-0.2, -0.15) is 0 Å². The van der Waals surface area contributed by atoms with Crippen LogP contribution in [0.15, 0.2) is 36.4 Å². The molecular weight excluding hydrogens is 384 g/mol. The highest BCUT2D eigenvalue weighted by atomic mass is 16.7. The van der Waals surface area contributed by atoms with E-state index in [1.54, 1.807) is 21.3 Å². The number of methoxy groups -OCH3 is 3. The predicted octanol–water partition coefficient (Wildman–Crippen LogP) is 3.38. The fourth-order valence-corrected chi connectivity index (χ4v) is 4.09. The lowest BCUT2D eigenvalue weighted by Crippen LogP contribution is -2.43. The van der Waals surface area contributed by atoms with Crippen molar-refractivity contribution in [1.29, 1.82) is 0 Å². The van der Waals surface area contributed by atoms with Crippen LogP contribution in [0.3, 0.4) is 0 Å². The molecular formula is C23H30N2O5. The van der Waals surface area contributed by atoms with E-state index < -0.39 is 0 Å². The fraction of sp³-hybridized carbons (Fsp3) is 0.478. The van der Waals surface area contributed by atoms with Crippen LogP contribution in [0.1, 0.15) is 24.5 Å². The third kappa shape index (κ3) is 4.42. The lowest BCUT2D eigenvalue weighted by Gasteiger charge is -2.34. The van der Waals surface area contributed by atoms with Gasteiger partial charge >= 0.3 is 0 Å². The van der Waals surface area contributed by atoms with Gasteiger partial charge in [0.2, 0.25) is 6.79 Å². The van der Waals surface area contributed by atoms with Gasteiger partial charge in [-0.15, -0.1) is 0 Å². The van der Waals surface area contributed by atoms with Crippen molar-refractivity contribution in [2.24, 2.45) is 0 Å². The summed E-state index contributed by atoms with van der Waals surface area (Å²) in [5.74, 6) is 3.11. The molecule has 2 aromatic carbocycles. The summed E-state index contributed by atoms with van der Waals surface area (Å²) in [5, 5.41) is 3.68. The molecule has 2 aliphatic rings. The second kappa shape index (κ2) is 9.45. The first-order chi connectivity index (χ1) is 14.7. The van der Waals surface area contributed by atoms with Crippen molar-refractivity contribution in [1.82, 2.24) is 5.32 Å². The zero-order valence-corrected chi connectivity index (χ0v) is 17.8. The molecule has 0 radical (unpaired) electrons. The zero-order chi connectivity index (χ0) is 20.9. The van der Waals surface area contributed by atoms with E-state index in [-0.39, 0.29) is 6.10 Å². The fourth-order valence-electron chi connectivity index (χ4n) is 4.09. The van der Waals surface area contributed by atoms with E-state index in [0.29, 0.717) is 18.6 Å². The maximum Gasteiger partial charge on any atom is 0.231 e. The van der Waals surface area contributed by atoms with Gasteiger partial charge in [0.1, 0.15) is 0 Å². The van der Waals surface area contributed by atoms with Gasteiger partial charge in [-0.3, -0.25) is 0 Å². The number of anilines is 1. The highest BCUT2D eigenvalue weighted by Gasteiger charge is 2.23. The number of nitrogens with zero attached hydrogens (tertiary/aromatic N) is 1. The highest BCUT2D eigenvalue weighted by Crippen LogP contribution is 2.36. The maximum absolute atomic E-state index is 5.74. The van der Waals surface area contributed by atoms with Crippen LogP contribution in [-0.4, -0.2) is 53.8 Å². The Balaban J connectivity index is 1.30. The summed E-state index contributed by atoms with van der Waals surface area (Å²) in [4.78, 5) is 2.41. The number of hydrogen-bond acceptors (Lipinski definition) is 7. The largest absolute Gasteiger partial charge is 0.493 e. The Kier molecular flexibility index (Phi) is 6.50. The Morgan fingerprint density at radius 2 is 1.73 bits per heavy atom. The van der Waals surface area contributed by atoms with E-state index in [9.17, 15) is 0 Å². The van der Waals surface area contributed by atoms with Crippen LogP contribution < -0.4 is 29.2 Å². The molecule has 2 aliphatic heterocycles. The van der Waals surface area contributed by atoms with Crippen LogP contribution in [0.25, 0.3) is 0 Å². The average molecular weight is 415 g/mol. The Labute approximate surface area is 177 Å². The lowest BCUT2D eigenvalue weighted by molar-refractivity contribution is 0.0980. The van der Waals surface area contributed by atoms with Crippen LogP contribution in [0, 0.1) is 0 Å². The van der Waals surface area contributed by atoms with Crippen molar-refractivity contribution >= 4 is 5.69 Å². The van der Waals surface area contributed by atoms with Gasteiger partial charge in [0, 0.05) is 44.5 Å². The standard InChI is InChI=1S/C23H30N2O5/c1-26-19-6-4-16(12-21(19)27-2)23(28-3)14-24-17-8-10-25(11-9-17)18-5-7-20-22(13-18)30-15-29-20/h4-7,12-13,17,23-24H,8-11,14-15H2,1-3H3. The molecule has 0 amide bonds. The molecule has 4 rings (SSSR count). The molecule has 0 aromatic heterocycles. The van der Waals surface area contributed by atoms with E-state index >= 15 is 0 Å². The number of ether oxygens (including phenoxy) is 5. The summed E-state index contributed by atoms with van der Waals surface area (Å²) in [6.07, 6.45) is 2.12. The SMILES string of the molecule is COc1ccc(C(CNC2CCN(c3ccc4c(c3)OCO4)CC2)OC)cc1OC. The summed E-state index contributed by atoms with van der Waals surface area (Å²) in [7, 11) is 5.03. The lowest BCUT2D eigenvalue weighted by atomic mass is 10.0. The molecule has 0 saturated carbocycles. The van der Waals surface area contributed by atoms with Crippen molar-refractivity contribution in [3.63, 3.8) is 0 Å². The van der Waals surface area contributed by atoms with Gasteiger partial charge in [0.05, 0.1) is 20.3 Å². The Morgan fingerprint density at radius 1 is 0.967 bits per heavy atom. The van der Waals surface area contributed by atoms with Crippen LogP contribution in [0.2, 0.25) is 0 Å². The number of piperidine rings is 1. The van der Waals surface area contributed by atoms with E-state index in [2.05, 4.69) is 22.3 Å². The highest BCUT2D eigenvalue weighted by molar-refractivity contribution is 5.57. The molecule has 162 valence electrons. The van der Waals surface area contributed by atoms with Gasteiger partial charge in [0.25, 0.3) is 0 Å². The maximum atomic E-state index is 5.74. The van der Waals surface area contributed by atoms with Gasteiger partial charge in [-0.05, 0) is 42.7 Å². The molecule has 0 bridgehead atoms. The molecule has 7 heteroatoms. The van der Waals surface area contributed by atoms with Crippen LogP contribution in [0.4, 0.5) is 5.69 Å². The molecule has 1 atom stereocenters. The second-order valence-electron chi connectivity index (χ2n) is 7.55. The van der Waals surface area contributed by atoms with Crippen molar-refractivity contribution in [2.45, 2.75) is 25.0 Å². The summed E-state index contributed by atoms with van der Waals surface area (Å²) >= 11 is 0. The molecule has 1 unspecified atom stereocenters. The van der Waals surface area contributed by atoms with Crippen molar-refractivity contribution in [3.8, 4) is 23.0 Å². The topological polar surface area (TPSA) is 61.4 Å². The summed E-state index contributed by atoms with van der Waals surface area (Å²) < 4.78 is 27.4. The van der Waals surface area contributed by atoms with E-state index in [1.165, 1.54) is 5.69 Å². The summed E-state index contributed by atoms with van der Waals surface area (Å²) in [5.41, 5.74) is 2.26. The predicted molar refractivity (Wildman–Crippen MR) is 115 cm³/mol. The zero-order valence-electron chi connectivity index (χ0n) is 17.8. The van der Waals surface area contributed by atoms with E-state index in [0.717, 1.165) is 55.3 Å². The van der Waals surface area contributed by atoms with Gasteiger partial charge in [0.15, 0.2) is 23.0 Å². The molecule has 30 heavy (non-hydrogen) atoms. The first-order valence-corrected chi connectivity index (χ1v) is 10.3. The van der Waals surface area contributed by atoms with Crippen molar-refractivity contribution < 1.29 is 23.7 Å². The quantitative estimate of drug-likeness (QED) is 0.711. The molecule has 2 heterocycles. The van der Waals surface area contributed by atoms with Gasteiger partial charge in [-0.1, -0.05) is 6.07 Å². The minimum absolute atomic E-state index is 0.0447. The molecule has 1 N–H and O–H groups in total. The third-order valence-electron chi connectivity index (χ3n) is 5.87. The third-order valence-corrected chi connectivity index (χ3v) is 5.87. The summed E-state index contributed by atoms with van der Waals surface area (Å²) in [6.45, 7) is 3.07. The van der Waals surface area contributed by atoms with Gasteiger partial charge < -0.3 is 33.9 Å². The average Bonchev–Trinajstić information content (AvgIpc) is 3.27. The van der Waals surface area contributed by atoms with Crippen LogP contribution in [0.5, 0.6) is 23.0 Å². The Morgan fingerprint density at radius 3 is 2.47 bits per heavy atom. The Hall–Kier alpha value is -2.64. The summed E-state index contributed by atoms with van der Waals surface area (Å²) in [6, 6.07) is 12.6.